The minimum absolute atomic E-state index is 0.00326. The summed E-state index contributed by atoms with van der Waals surface area (Å²) in [6.07, 6.45) is 5.73. The van der Waals surface area contributed by atoms with Crippen molar-refractivity contribution in [3.8, 4) is 0 Å². The number of likely N-dealkylation sites (tertiary alicyclic amines) is 1. The fourth-order valence-electron chi connectivity index (χ4n) is 2.90. The highest BCUT2D eigenvalue weighted by atomic mass is 32.1. The zero-order chi connectivity index (χ0) is 15.1. The highest BCUT2D eigenvalue weighted by molar-refractivity contribution is 7.09. The second-order valence-corrected chi connectivity index (χ2v) is 6.75. The summed E-state index contributed by atoms with van der Waals surface area (Å²) in [5.74, 6) is 0.760. The molecule has 1 saturated heterocycles. The van der Waals surface area contributed by atoms with E-state index in [1.807, 2.05) is 5.38 Å². The van der Waals surface area contributed by atoms with Gasteiger partial charge in [0, 0.05) is 31.1 Å². The van der Waals surface area contributed by atoms with E-state index in [4.69, 9.17) is 5.11 Å². The van der Waals surface area contributed by atoms with Crippen molar-refractivity contribution in [2.45, 2.75) is 32.2 Å². The second kappa shape index (κ2) is 8.46. The average molecular weight is 311 g/mol. The van der Waals surface area contributed by atoms with Gasteiger partial charge >= 0.3 is 0 Å². The summed E-state index contributed by atoms with van der Waals surface area (Å²) < 4.78 is 0. The molecule has 1 aliphatic heterocycles. The topological polar surface area (TPSA) is 56.7 Å². The number of amides is 1. The summed E-state index contributed by atoms with van der Waals surface area (Å²) in [6, 6.07) is 0. The van der Waals surface area contributed by atoms with Crippen molar-refractivity contribution in [3.63, 3.8) is 0 Å². The van der Waals surface area contributed by atoms with E-state index in [2.05, 4.69) is 16.9 Å². The number of hydrogen-bond donors (Lipinski definition) is 1. The van der Waals surface area contributed by atoms with E-state index in [1.165, 1.54) is 19.4 Å². The van der Waals surface area contributed by atoms with E-state index in [0.29, 0.717) is 25.4 Å². The largest absolute Gasteiger partial charge is 0.395 e. The molecule has 0 spiro atoms. The molecule has 0 saturated carbocycles. The number of aliphatic hydroxyl groups excluding tert-OH is 1. The lowest BCUT2D eigenvalue weighted by atomic mass is 9.93. The number of aromatic nitrogens is 1. The Morgan fingerprint density at radius 1 is 1.62 bits per heavy atom. The fourth-order valence-corrected chi connectivity index (χ4v) is 3.53. The van der Waals surface area contributed by atoms with E-state index in [9.17, 15) is 4.79 Å². The first kappa shape index (κ1) is 16.4. The second-order valence-electron chi connectivity index (χ2n) is 5.77. The quantitative estimate of drug-likeness (QED) is 0.831. The van der Waals surface area contributed by atoms with Crippen molar-refractivity contribution in [3.05, 3.63) is 16.6 Å². The molecule has 2 heterocycles. The molecule has 1 N–H and O–H groups in total. The van der Waals surface area contributed by atoms with Gasteiger partial charge in [-0.25, -0.2) is 4.98 Å². The lowest BCUT2D eigenvalue weighted by Gasteiger charge is -2.30. The van der Waals surface area contributed by atoms with Gasteiger partial charge in [0.05, 0.1) is 13.2 Å². The molecular formula is C15H25N3O2S. The van der Waals surface area contributed by atoms with Crippen LogP contribution in [0.25, 0.3) is 0 Å². The van der Waals surface area contributed by atoms with Crippen LogP contribution in [0.2, 0.25) is 0 Å². The minimum atomic E-state index is 0.00326. The predicted octanol–water partition coefficient (Wildman–Crippen LogP) is 1.59. The molecule has 1 aromatic rings. The number of rotatable bonds is 7. The first-order chi connectivity index (χ1) is 10.2. The number of hydrogen-bond acceptors (Lipinski definition) is 5. The van der Waals surface area contributed by atoms with E-state index < -0.39 is 0 Å². The molecule has 1 aliphatic rings. The van der Waals surface area contributed by atoms with Gasteiger partial charge in [-0.1, -0.05) is 0 Å². The third-order valence-corrected chi connectivity index (χ3v) is 4.79. The standard InChI is InChI=1S/C15H25N3O2S/c1-17-7-2-3-13(11-17)4-5-15(20)18(8-9-19)12-14-16-6-10-21-14/h6,10,13,19H,2-5,7-9,11-12H2,1H3/t13-/m1/s1. The normalized spacial score (nSPS) is 19.6. The molecule has 118 valence electrons. The molecule has 1 fully saturated rings. The Kier molecular flexibility index (Phi) is 6.60. The van der Waals surface area contributed by atoms with Gasteiger partial charge in [0.1, 0.15) is 5.01 Å². The molecule has 21 heavy (non-hydrogen) atoms. The Morgan fingerprint density at radius 2 is 2.48 bits per heavy atom. The average Bonchev–Trinajstić information content (AvgIpc) is 2.97. The number of carbonyl (C=O) groups excluding carboxylic acids is 1. The van der Waals surface area contributed by atoms with Crippen molar-refractivity contribution >= 4 is 17.2 Å². The molecule has 5 nitrogen and oxygen atoms in total. The highest BCUT2D eigenvalue weighted by Crippen LogP contribution is 2.20. The third kappa shape index (κ3) is 5.37. The van der Waals surface area contributed by atoms with Gasteiger partial charge in [-0.3, -0.25) is 4.79 Å². The lowest BCUT2D eigenvalue weighted by molar-refractivity contribution is -0.132. The van der Waals surface area contributed by atoms with Crippen molar-refractivity contribution < 1.29 is 9.90 Å². The lowest BCUT2D eigenvalue weighted by Crippen LogP contribution is -2.35. The van der Waals surface area contributed by atoms with Crippen LogP contribution in [0.1, 0.15) is 30.7 Å². The van der Waals surface area contributed by atoms with Crippen LogP contribution in [-0.2, 0) is 11.3 Å². The number of aliphatic hydroxyl groups is 1. The summed E-state index contributed by atoms with van der Waals surface area (Å²) in [5.41, 5.74) is 0. The Hall–Kier alpha value is -0.980. The van der Waals surface area contributed by atoms with Gasteiger partial charge < -0.3 is 14.9 Å². The Bertz CT molecular complexity index is 425. The van der Waals surface area contributed by atoms with Crippen LogP contribution in [-0.4, -0.2) is 59.1 Å². The zero-order valence-corrected chi connectivity index (χ0v) is 13.5. The van der Waals surface area contributed by atoms with E-state index >= 15 is 0 Å². The van der Waals surface area contributed by atoms with Crippen LogP contribution in [0.5, 0.6) is 0 Å². The maximum Gasteiger partial charge on any atom is 0.223 e. The predicted molar refractivity (Wildman–Crippen MR) is 84.1 cm³/mol. The zero-order valence-electron chi connectivity index (χ0n) is 12.7. The van der Waals surface area contributed by atoms with Crippen molar-refractivity contribution in [1.82, 2.24) is 14.8 Å². The first-order valence-electron chi connectivity index (χ1n) is 7.64. The SMILES string of the molecule is CN1CCC[C@H](CCC(=O)N(CCO)Cc2nccs2)C1. The van der Waals surface area contributed by atoms with Crippen LogP contribution in [0.3, 0.4) is 0 Å². The summed E-state index contributed by atoms with van der Waals surface area (Å²) in [7, 11) is 2.15. The minimum Gasteiger partial charge on any atom is -0.395 e. The molecule has 1 aromatic heterocycles. The van der Waals surface area contributed by atoms with Crippen LogP contribution in [0.15, 0.2) is 11.6 Å². The van der Waals surface area contributed by atoms with Gasteiger partial charge in [0.25, 0.3) is 0 Å². The number of carbonyl (C=O) groups is 1. The van der Waals surface area contributed by atoms with Gasteiger partial charge in [-0.15, -0.1) is 11.3 Å². The van der Waals surface area contributed by atoms with Crippen molar-refractivity contribution in [2.75, 3.05) is 33.3 Å². The summed E-state index contributed by atoms with van der Waals surface area (Å²) in [5, 5.41) is 12.0. The molecule has 1 amide bonds. The molecule has 0 unspecified atom stereocenters. The van der Waals surface area contributed by atoms with E-state index in [1.54, 1.807) is 22.4 Å². The molecule has 0 aromatic carbocycles. The molecule has 0 radical (unpaired) electrons. The van der Waals surface area contributed by atoms with Crippen molar-refractivity contribution in [1.29, 1.82) is 0 Å². The molecule has 6 heteroatoms. The summed E-state index contributed by atoms with van der Waals surface area (Å²) in [6.45, 7) is 3.18. The molecular weight excluding hydrogens is 286 g/mol. The number of nitrogens with zero attached hydrogens (tertiary/aromatic N) is 3. The number of piperidine rings is 1. The van der Waals surface area contributed by atoms with E-state index in [0.717, 1.165) is 18.0 Å². The third-order valence-electron chi connectivity index (χ3n) is 4.02. The molecule has 2 rings (SSSR count). The highest BCUT2D eigenvalue weighted by Gasteiger charge is 2.20. The Labute approximate surface area is 130 Å². The first-order valence-corrected chi connectivity index (χ1v) is 8.52. The van der Waals surface area contributed by atoms with Gasteiger partial charge in [-0.2, -0.15) is 0 Å². The van der Waals surface area contributed by atoms with Gasteiger partial charge in [0.2, 0.25) is 5.91 Å². The van der Waals surface area contributed by atoms with E-state index in [-0.39, 0.29) is 12.5 Å². The fraction of sp³-hybridized carbons (Fsp3) is 0.733. The number of thiazole rings is 1. The van der Waals surface area contributed by atoms with Crippen molar-refractivity contribution in [2.24, 2.45) is 5.92 Å². The molecule has 0 aliphatic carbocycles. The van der Waals surface area contributed by atoms with Crippen LogP contribution < -0.4 is 0 Å². The van der Waals surface area contributed by atoms with Gasteiger partial charge in [-0.05, 0) is 38.8 Å². The Balaban J connectivity index is 1.80. The van der Waals surface area contributed by atoms with Crippen LogP contribution >= 0.6 is 11.3 Å². The van der Waals surface area contributed by atoms with Gasteiger partial charge in [0.15, 0.2) is 0 Å². The molecule has 0 bridgehead atoms. The van der Waals surface area contributed by atoms with Crippen LogP contribution in [0, 0.1) is 5.92 Å². The summed E-state index contributed by atoms with van der Waals surface area (Å²) in [4.78, 5) is 20.7. The van der Waals surface area contributed by atoms with Crippen LogP contribution in [0.4, 0.5) is 0 Å². The maximum atomic E-state index is 12.4. The Morgan fingerprint density at radius 3 is 3.14 bits per heavy atom. The smallest absolute Gasteiger partial charge is 0.223 e. The summed E-state index contributed by atoms with van der Waals surface area (Å²) >= 11 is 1.55. The monoisotopic (exact) mass is 311 g/mol. The molecule has 1 atom stereocenters. The maximum absolute atomic E-state index is 12.4.